The van der Waals surface area contributed by atoms with Crippen LogP contribution in [0.15, 0.2) is 29.3 Å². The SMILES string of the molecule is CCNC(=NCC(c1cccc(OC)c1)N(CC)CC)N1CCCC(CC(N)=O)C1.I. The topological polar surface area (TPSA) is 83.2 Å². The molecule has 1 amide bonds. The van der Waals surface area contributed by atoms with Crippen molar-refractivity contribution in [3.05, 3.63) is 29.8 Å². The first-order valence-corrected chi connectivity index (χ1v) is 11.2. The maximum Gasteiger partial charge on any atom is 0.217 e. The summed E-state index contributed by atoms with van der Waals surface area (Å²) in [6.45, 7) is 11.6. The third-order valence-corrected chi connectivity index (χ3v) is 5.79. The standard InChI is InChI=1S/C23H39N5O2.HI/c1-5-25-23(28-13-9-10-18(17-28)14-22(24)29)26-16-21(27(6-2)7-3)19-11-8-12-20(15-19)30-4;/h8,11-12,15,18,21H,5-7,9-10,13-14,16-17H2,1-4H3,(H2,24,29)(H,25,26);1H. The number of primary amides is 1. The van der Waals surface area contributed by atoms with Gasteiger partial charge in [-0.1, -0.05) is 26.0 Å². The highest BCUT2D eigenvalue weighted by Crippen LogP contribution is 2.25. The zero-order chi connectivity index (χ0) is 21.9. The summed E-state index contributed by atoms with van der Waals surface area (Å²) >= 11 is 0. The van der Waals surface area contributed by atoms with Crippen LogP contribution in [-0.4, -0.2) is 68.0 Å². The van der Waals surface area contributed by atoms with Gasteiger partial charge in [0.1, 0.15) is 5.75 Å². The van der Waals surface area contributed by atoms with E-state index in [9.17, 15) is 4.79 Å². The summed E-state index contributed by atoms with van der Waals surface area (Å²) in [4.78, 5) is 21.1. The maximum atomic E-state index is 11.4. The van der Waals surface area contributed by atoms with E-state index in [1.807, 2.05) is 12.1 Å². The smallest absolute Gasteiger partial charge is 0.217 e. The first-order chi connectivity index (χ1) is 14.5. The van der Waals surface area contributed by atoms with Crippen LogP contribution in [-0.2, 0) is 4.79 Å². The molecule has 0 bridgehead atoms. The minimum absolute atomic E-state index is 0. The van der Waals surface area contributed by atoms with Gasteiger partial charge in [0.25, 0.3) is 0 Å². The minimum atomic E-state index is -0.219. The first-order valence-electron chi connectivity index (χ1n) is 11.2. The van der Waals surface area contributed by atoms with E-state index < -0.39 is 0 Å². The van der Waals surface area contributed by atoms with Crippen molar-refractivity contribution in [1.82, 2.24) is 15.1 Å². The van der Waals surface area contributed by atoms with Crippen LogP contribution in [0, 0.1) is 5.92 Å². The lowest BCUT2D eigenvalue weighted by atomic mass is 9.95. The molecule has 2 unspecified atom stereocenters. The molecule has 1 fully saturated rings. The van der Waals surface area contributed by atoms with Crippen LogP contribution in [0.2, 0.25) is 0 Å². The predicted octanol–water partition coefficient (Wildman–Crippen LogP) is 3.25. The van der Waals surface area contributed by atoms with Gasteiger partial charge in [0, 0.05) is 26.1 Å². The van der Waals surface area contributed by atoms with Crippen molar-refractivity contribution < 1.29 is 9.53 Å². The number of nitrogens with two attached hydrogens (primary N) is 1. The van der Waals surface area contributed by atoms with Crippen LogP contribution >= 0.6 is 24.0 Å². The number of hydrogen-bond acceptors (Lipinski definition) is 4. The van der Waals surface area contributed by atoms with Gasteiger partial charge >= 0.3 is 0 Å². The Morgan fingerprint density at radius 2 is 2.10 bits per heavy atom. The Labute approximate surface area is 204 Å². The second-order valence-electron chi connectivity index (χ2n) is 7.83. The summed E-state index contributed by atoms with van der Waals surface area (Å²) in [7, 11) is 1.70. The number of carbonyl (C=O) groups is 1. The number of hydrogen-bond donors (Lipinski definition) is 2. The fraction of sp³-hybridized carbons (Fsp3) is 0.652. The van der Waals surface area contributed by atoms with Gasteiger partial charge in [-0.2, -0.15) is 0 Å². The molecule has 3 N–H and O–H groups in total. The number of benzene rings is 1. The molecule has 1 aromatic rings. The molecule has 7 nitrogen and oxygen atoms in total. The number of likely N-dealkylation sites (tertiary alicyclic amines) is 1. The average molecular weight is 546 g/mol. The van der Waals surface area contributed by atoms with Gasteiger partial charge in [-0.15, -0.1) is 24.0 Å². The van der Waals surface area contributed by atoms with Crippen molar-refractivity contribution in [2.45, 2.75) is 46.1 Å². The van der Waals surface area contributed by atoms with E-state index in [0.717, 1.165) is 57.3 Å². The molecule has 1 aliphatic rings. The van der Waals surface area contributed by atoms with Crippen molar-refractivity contribution in [2.75, 3.05) is 46.4 Å². The lowest BCUT2D eigenvalue weighted by Gasteiger charge is -2.35. The van der Waals surface area contributed by atoms with Crippen LogP contribution in [0.25, 0.3) is 0 Å². The van der Waals surface area contributed by atoms with E-state index >= 15 is 0 Å². The van der Waals surface area contributed by atoms with Crippen LogP contribution in [0.4, 0.5) is 0 Å². The molecular weight excluding hydrogens is 505 g/mol. The summed E-state index contributed by atoms with van der Waals surface area (Å²) in [5.74, 6) is 1.87. The molecule has 0 aliphatic carbocycles. The molecule has 0 aromatic heterocycles. The lowest BCUT2D eigenvalue weighted by Crippen LogP contribution is -2.47. The molecule has 1 heterocycles. The van der Waals surface area contributed by atoms with E-state index in [4.69, 9.17) is 15.5 Å². The van der Waals surface area contributed by atoms with Crippen molar-refractivity contribution in [3.8, 4) is 5.75 Å². The summed E-state index contributed by atoms with van der Waals surface area (Å²) < 4.78 is 5.44. The molecule has 0 saturated carbocycles. The molecule has 0 spiro atoms. The van der Waals surface area contributed by atoms with E-state index in [1.54, 1.807) is 7.11 Å². The Morgan fingerprint density at radius 1 is 1.35 bits per heavy atom. The van der Waals surface area contributed by atoms with Crippen molar-refractivity contribution in [3.63, 3.8) is 0 Å². The molecule has 2 atom stereocenters. The third-order valence-electron chi connectivity index (χ3n) is 5.79. The summed E-state index contributed by atoms with van der Waals surface area (Å²) in [5.41, 5.74) is 6.65. The molecule has 2 rings (SSSR count). The van der Waals surface area contributed by atoms with Gasteiger partial charge in [-0.05, 0) is 56.5 Å². The molecule has 31 heavy (non-hydrogen) atoms. The van der Waals surface area contributed by atoms with E-state index in [1.165, 1.54) is 5.56 Å². The second-order valence-corrected chi connectivity index (χ2v) is 7.83. The largest absolute Gasteiger partial charge is 0.497 e. The Bertz CT molecular complexity index is 696. The van der Waals surface area contributed by atoms with E-state index in [-0.39, 0.29) is 35.9 Å². The van der Waals surface area contributed by atoms with Gasteiger partial charge in [-0.3, -0.25) is 14.7 Å². The highest BCUT2D eigenvalue weighted by molar-refractivity contribution is 14.0. The normalized spacial score (nSPS) is 17.8. The fourth-order valence-electron chi connectivity index (χ4n) is 4.25. The Balaban J connectivity index is 0.00000480. The van der Waals surface area contributed by atoms with Gasteiger partial charge in [0.05, 0.1) is 19.7 Å². The second kappa shape index (κ2) is 14.5. The molecule has 176 valence electrons. The number of rotatable bonds is 10. The number of guanidine groups is 1. The maximum absolute atomic E-state index is 11.4. The Hall–Kier alpha value is -1.55. The Morgan fingerprint density at radius 3 is 2.71 bits per heavy atom. The van der Waals surface area contributed by atoms with Crippen LogP contribution in [0.5, 0.6) is 5.75 Å². The van der Waals surface area contributed by atoms with Crippen molar-refractivity contribution in [1.29, 1.82) is 0 Å². The molecule has 0 radical (unpaired) electrons. The van der Waals surface area contributed by atoms with E-state index in [2.05, 4.69) is 48.0 Å². The zero-order valence-corrected chi connectivity index (χ0v) is 21.8. The average Bonchev–Trinajstić information content (AvgIpc) is 2.75. The van der Waals surface area contributed by atoms with E-state index in [0.29, 0.717) is 18.9 Å². The van der Waals surface area contributed by atoms with Crippen LogP contribution in [0.3, 0.4) is 0 Å². The number of methoxy groups -OCH3 is 1. The molecule has 1 aliphatic heterocycles. The Kier molecular flexibility index (Phi) is 12.9. The third kappa shape index (κ3) is 8.48. The minimum Gasteiger partial charge on any atom is -0.497 e. The van der Waals surface area contributed by atoms with Gasteiger partial charge in [-0.25, -0.2) is 0 Å². The summed E-state index contributed by atoms with van der Waals surface area (Å²) in [6.07, 6.45) is 2.55. The number of carbonyl (C=O) groups excluding carboxylic acids is 1. The summed E-state index contributed by atoms with van der Waals surface area (Å²) in [6, 6.07) is 8.45. The number of likely N-dealkylation sites (N-methyl/N-ethyl adjacent to an activating group) is 1. The number of nitrogens with one attached hydrogen (secondary N) is 1. The zero-order valence-electron chi connectivity index (χ0n) is 19.5. The van der Waals surface area contributed by atoms with Crippen molar-refractivity contribution in [2.24, 2.45) is 16.6 Å². The number of nitrogens with zero attached hydrogens (tertiary/aromatic N) is 3. The molecule has 8 heteroatoms. The summed E-state index contributed by atoms with van der Waals surface area (Å²) in [5, 5.41) is 3.45. The first kappa shape index (κ1) is 27.5. The van der Waals surface area contributed by atoms with Crippen LogP contribution in [0.1, 0.15) is 51.6 Å². The molecule has 1 saturated heterocycles. The van der Waals surface area contributed by atoms with Crippen LogP contribution < -0.4 is 15.8 Å². The highest BCUT2D eigenvalue weighted by Gasteiger charge is 2.24. The molecular formula is C23H40IN5O2. The lowest BCUT2D eigenvalue weighted by molar-refractivity contribution is -0.119. The molecule has 1 aromatic carbocycles. The number of piperidine rings is 1. The number of ether oxygens (including phenoxy) is 1. The number of aliphatic imine (C=N–C) groups is 1. The van der Waals surface area contributed by atoms with Gasteiger partial charge in [0.2, 0.25) is 5.91 Å². The number of halogens is 1. The van der Waals surface area contributed by atoms with Crippen molar-refractivity contribution >= 4 is 35.8 Å². The quantitative estimate of drug-likeness (QED) is 0.268. The highest BCUT2D eigenvalue weighted by atomic mass is 127. The fourth-order valence-corrected chi connectivity index (χ4v) is 4.25. The number of amides is 1. The predicted molar refractivity (Wildman–Crippen MR) is 138 cm³/mol. The monoisotopic (exact) mass is 545 g/mol. The van der Waals surface area contributed by atoms with Gasteiger partial charge < -0.3 is 20.7 Å². The van der Waals surface area contributed by atoms with Gasteiger partial charge in [0.15, 0.2) is 5.96 Å².